The van der Waals surface area contributed by atoms with Crippen molar-refractivity contribution in [3.8, 4) is 0 Å². The van der Waals surface area contributed by atoms with Crippen LogP contribution in [0.3, 0.4) is 0 Å². The minimum atomic E-state index is -0.913. The topological polar surface area (TPSA) is 93.3 Å². The molecule has 0 aliphatic heterocycles. The second-order valence-corrected chi connectivity index (χ2v) is 2.25. The van der Waals surface area contributed by atoms with E-state index in [2.05, 4.69) is 0 Å². The van der Waals surface area contributed by atoms with Gasteiger partial charge in [-0.25, -0.2) is 0 Å². The van der Waals surface area contributed by atoms with E-state index in [9.17, 15) is 4.79 Å². The Bertz CT molecular complexity index is 105. The molecule has 0 saturated carbocycles. The number of nitrogens with two attached hydrogens (primary N) is 1. The van der Waals surface area contributed by atoms with Crippen molar-refractivity contribution in [1.82, 2.24) is 0 Å². The lowest BCUT2D eigenvalue weighted by molar-refractivity contribution is -0.139. The maximum absolute atomic E-state index is 10.2. The lowest BCUT2D eigenvalue weighted by Gasteiger charge is -2.11. The number of carboxylic acids is 1. The molecule has 0 aromatic rings. The summed E-state index contributed by atoms with van der Waals surface area (Å²) in [7, 11) is 0. The Balaban J connectivity index is 0. The Morgan fingerprint density at radius 2 is 2.10 bits per heavy atom. The molecule has 0 fully saturated rings. The molecule has 0 aromatic carbocycles. The zero-order valence-electron chi connectivity index (χ0n) is 6.24. The highest BCUT2D eigenvalue weighted by Gasteiger charge is 2.17. The van der Waals surface area contributed by atoms with Gasteiger partial charge < -0.3 is 10.8 Å². The number of hydrogen-bond acceptors (Lipinski definition) is 2. The van der Waals surface area contributed by atoms with Crippen molar-refractivity contribution in [2.24, 2.45) is 11.7 Å². The SMILES string of the molecule is CC[C@H](C)[C@H](N)C(=O)O.[OH]. The molecule has 0 amide bonds. The van der Waals surface area contributed by atoms with Crippen LogP contribution in [0.2, 0.25) is 0 Å². The van der Waals surface area contributed by atoms with Gasteiger partial charge in [0.1, 0.15) is 6.04 Å². The van der Waals surface area contributed by atoms with Gasteiger partial charge in [-0.3, -0.25) is 10.3 Å². The zero-order chi connectivity index (χ0) is 7.44. The van der Waals surface area contributed by atoms with E-state index in [4.69, 9.17) is 10.8 Å². The molecule has 61 valence electrons. The maximum Gasteiger partial charge on any atom is 0.320 e. The lowest BCUT2D eigenvalue weighted by atomic mass is 10.0. The molecule has 0 saturated heterocycles. The first-order valence-electron chi connectivity index (χ1n) is 3.08. The molecule has 2 atom stereocenters. The fourth-order valence-electron chi connectivity index (χ4n) is 0.497. The van der Waals surface area contributed by atoms with Crippen LogP contribution in [0.4, 0.5) is 0 Å². The standard InChI is InChI=1S/C6H13NO2.HO/c1-3-4(2)5(7)6(8)9;/h4-5H,3,7H2,1-2H3,(H,8,9);1H/t4-,5-;/m0./s1. The average molecular weight is 148 g/mol. The normalized spacial score (nSPS) is 15.1. The highest BCUT2D eigenvalue weighted by molar-refractivity contribution is 5.73. The molecule has 10 heavy (non-hydrogen) atoms. The molecule has 0 aromatic heterocycles. The Morgan fingerprint density at radius 1 is 1.70 bits per heavy atom. The third-order valence-electron chi connectivity index (χ3n) is 1.54. The molecular weight excluding hydrogens is 134 g/mol. The first kappa shape index (κ1) is 12.1. The highest BCUT2D eigenvalue weighted by atomic mass is 16.4. The Kier molecular flexibility index (Phi) is 6.29. The van der Waals surface area contributed by atoms with Gasteiger partial charge in [-0.1, -0.05) is 20.3 Å². The van der Waals surface area contributed by atoms with Crippen LogP contribution in [0.1, 0.15) is 20.3 Å². The van der Waals surface area contributed by atoms with Crippen molar-refractivity contribution in [2.45, 2.75) is 26.3 Å². The van der Waals surface area contributed by atoms with E-state index < -0.39 is 12.0 Å². The fourth-order valence-corrected chi connectivity index (χ4v) is 0.497. The van der Waals surface area contributed by atoms with Crippen LogP contribution < -0.4 is 5.73 Å². The van der Waals surface area contributed by atoms with Crippen molar-refractivity contribution in [3.05, 3.63) is 0 Å². The van der Waals surface area contributed by atoms with Gasteiger partial charge in [0, 0.05) is 0 Å². The van der Waals surface area contributed by atoms with E-state index in [-0.39, 0.29) is 11.4 Å². The van der Waals surface area contributed by atoms with Crippen molar-refractivity contribution in [3.63, 3.8) is 0 Å². The van der Waals surface area contributed by atoms with Gasteiger partial charge in [0.05, 0.1) is 0 Å². The van der Waals surface area contributed by atoms with Crippen molar-refractivity contribution >= 4 is 5.97 Å². The van der Waals surface area contributed by atoms with Crippen LogP contribution in [0.25, 0.3) is 0 Å². The second-order valence-electron chi connectivity index (χ2n) is 2.25. The van der Waals surface area contributed by atoms with Gasteiger partial charge in [-0.2, -0.15) is 0 Å². The Hall–Kier alpha value is -0.610. The van der Waals surface area contributed by atoms with E-state index in [1.54, 1.807) is 0 Å². The minimum absolute atomic E-state index is 0. The fraction of sp³-hybridized carbons (Fsp3) is 0.833. The van der Waals surface area contributed by atoms with Crippen LogP contribution >= 0.6 is 0 Å². The molecule has 4 N–H and O–H groups in total. The molecule has 0 rings (SSSR count). The third kappa shape index (κ3) is 3.42. The summed E-state index contributed by atoms with van der Waals surface area (Å²) in [4.78, 5) is 10.2. The number of hydrogen-bond donors (Lipinski definition) is 3. The van der Waals surface area contributed by atoms with Gasteiger partial charge in [0.2, 0.25) is 0 Å². The van der Waals surface area contributed by atoms with Crippen LogP contribution in [-0.2, 0) is 4.79 Å². The number of carbonyl (C=O) groups is 1. The lowest BCUT2D eigenvalue weighted by Crippen LogP contribution is -2.36. The van der Waals surface area contributed by atoms with Crippen LogP contribution in [0.15, 0.2) is 0 Å². The summed E-state index contributed by atoms with van der Waals surface area (Å²) in [6.07, 6.45) is 0.813. The van der Waals surface area contributed by atoms with Crippen molar-refractivity contribution in [1.29, 1.82) is 0 Å². The number of rotatable bonds is 3. The Morgan fingerprint density at radius 3 is 2.20 bits per heavy atom. The zero-order valence-corrected chi connectivity index (χ0v) is 6.24. The first-order chi connectivity index (χ1) is 4.09. The highest BCUT2D eigenvalue weighted by Crippen LogP contribution is 2.04. The molecular formula is C6H14NO3. The van der Waals surface area contributed by atoms with Crippen LogP contribution in [0, 0.1) is 5.92 Å². The summed E-state index contributed by atoms with van der Waals surface area (Å²) < 4.78 is 0. The molecule has 0 heterocycles. The molecule has 0 spiro atoms. The summed E-state index contributed by atoms with van der Waals surface area (Å²) in [5.74, 6) is -0.841. The summed E-state index contributed by atoms with van der Waals surface area (Å²) in [5.41, 5.74) is 5.27. The summed E-state index contributed by atoms with van der Waals surface area (Å²) in [5, 5.41) is 8.36. The predicted molar refractivity (Wildman–Crippen MR) is 37.0 cm³/mol. The average Bonchev–Trinajstić information content (AvgIpc) is 1.84. The largest absolute Gasteiger partial charge is 0.480 e. The minimum Gasteiger partial charge on any atom is -0.480 e. The molecule has 0 aliphatic carbocycles. The molecule has 4 heteroatoms. The molecule has 0 aliphatic rings. The van der Waals surface area contributed by atoms with Crippen molar-refractivity contribution in [2.75, 3.05) is 0 Å². The van der Waals surface area contributed by atoms with Gasteiger partial charge in [-0.15, -0.1) is 0 Å². The third-order valence-corrected chi connectivity index (χ3v) is 1.54. The van der Waals surface area contributed by atoms with E-state index in [1.165, 1.54) is 0 Å². The first-order valence-corrected chi connectivity index (χ1v) is 3.08. The van der Waals surface area contributed by atoms with Crippen LogP contribution in [0.5, 0.6) is 0 Å². The van der Waals surface area contributed by atoms with Crippen LogP contribution in [-0.4, -0.2) is 22.6 Å². The molecule has 4 nitrogen and oxygen atoms in total. The quantitative estimate of drug-likeness (QED) is 0.536. The maximum atomic E-state index is 10.2. The summed E-state index contributed by atoms with van der Waals surface area (Å²) >= 11 is 0. The smallest absolute Gasteiger partial charge is 0.320 e. The van der Waals surface area contributed by atoms with E-state index in [0.29, 0.717) is 0 Å². The Labute approximate surface area is 60.3 Å². The summed E-state index contributed by atoms with van der Waals surface area (Å²) in [6.45, 7) is 3.76. The van der Waals surface area contributed by atoms with Gasteiger partial charge in [0.15, 0.2) is 0 Å². The van der Waals surface area contributed by atoms with E-state index >= 15 is 0 Å². The van der Waals surface area contributed by atoms with E-state index in [1.807, 2.05) is 13.8 Å². The monoisotopic (exact) mass is 148 g/mol. The van der Waals surface area contributed by atoms with Gasteiger partial charge in [0.25, 0.3) is 0 Å². The van der Waals surface area contributed by atoms with E-state index in [0.717, 1.165) is 6.42 Å². The predicted octanol–water partition coefficient (Wildman–Crippen LogP) is 0.268. The van der Waals surface area contributed by atoms with Gasteiger partial charge in [-0.05, 0) is 5.92 Å². The second kappa shape index (κ2) is 5.20. The molecule has 1 radical (unpaired) electrons. The molecule has 0 bridgehead atoms. The number of carboxylic acid groups (broad SMARTS) is 1. The van der Waals surface area contributed by atoms with Crippen molar-refractivity contribution < 1.29 is 15.4 Å². The number of aliphatic carboxylic acids is 1. The summed E-state index contributed by atoms with van der Waals surface area (Å²) in [6, 6.07) is -0.699. The van der Waals surface area contributed by atoms with Gasteiger partial charge >= 0.3 is 5.97 Å². The molecule has 0 unspecified atom stereocenters.